The summed E-state index contributed by atoms with van der Waals surface area (Å²) in [5, 5.41) is 18.8. The van der Waals surface area contributed by atoms with Crippen LogP contribution in [0.1, 0.15) is 44.7 Å². The number of phosphoric acid groups is 1. The number of phosphoric ester groups is 1. The van der Waals surface area contributed by atoms with Crippen LogP contribution in [-0.2, 0) is 9.09 Å². The van der Waals surface area contributed by atoms with E-state index >= 15 is 0 Å². The van der Waals surface area contributed by atoms with Gasteiger partial charge >= 0.3 is 0 Å². The van der Waals surface area contributed by atoms with E-state index in [0.29, 0.717) is 0 Å². The molecule has 0 heterocycles. The second kappa shape index (κ2) is 10.9. The summed E-state index contributed by atoms with van der Waals surface area (Å²) in [5.74, 6) is 0.568. The van der Waals surface area contributed by atoms with Crippen molar-refractivity contribution in [2.45, 2.75) is 33.6 Å². The Hall–Kier alpha value is -2.11. The Morgan fingerprint density at radius 1 is 0.852 bits per heavy atom. The Kier molecular flexibility index (Phi) is 9.26. The van der Waals surface area contributed by atoms with Gasteiger partial charge in [-0.1, -0.05) is 38.1 Å². The molecule has 0 bridgehead atoms. The zero-order valence-electron chi connectivity index (χ0n) is 15.8. The van der Waals surface area contributed by atoms with Crippen LogP contribution in [0.4, 0.5) is 0 Å². The largest absolute Gasteiger partial charge is 0.756 e. The van der Waals surface area contributed by atoms with Crippen molar-refractivity contribution in [3.8, 4) is 11.5 Å². The molecule has 1 unspecified atom stereocenters. The van der Waals surface area contributed by atoms with E-state index in [2.05, 4.69) is 18.4 Å². The third-order valence-electron chi connectivity index (χ3n) is 3.80. The molecule has 7 heteroatoms. The van der Waals surface area contributed by atoms with E-state index < -0.39 is 7.82 Å². The molecule has 0 saturated carbocycles. The summed E-state index contributed by atoms with van der Waals surface area (Å²) in [4.78, 5) is 17.4. The quantitative estimate of drug-likeness (QED) is 0.498. The lowest BCUT2D eigenvalue weighted by Gasteiger charge is -2.14. The van der Waals surface area contributed by atoms with Crippen LogP contribution in [0.15, 0.2) is 48.5 Å². The van der Waals surface area contributed by atoms with E-state index in [1.165, 1.54) is 18.1 Å². The standard InChI is InChI=1S/C18H20O2.C2H7O4P/c1-3-17(13-5-9-15(19)10-6-13)18(4-2)14-7-11-16(20)12-8-14;1-2-6-7(3,4)5/h5-12,19-20H,3-4H2,1-2H3;2H2,1H3,(H2,3,4,5)/p-1/b18-17+;. The van der Waals surface area contributed by atoms with E-state index in [1.54, 1.807) is 24.3 Å². The average molecular weight is 393 g/mol. The lowest BCUT2D eigenvalue weighted by Crippen LogP contribution is -2.02. The number of hydrogen-bond donors (Lipinski definition) is 3. The monoisotopic (exact) mass is 393 g/mol. The van der Waals surface area contributed by atoms with Crippen molar-refractivity contribution in [3.63, 3.8) is 0 Å². The van der Waals surface area contributed by atoms with Gasteiger partial charge in [-0.2, -0.15) is 0 Å². The van der Waals surface area contributed by atoms with Crippen LogP contribution in [0.5, 0.6) is 11.5 Å². The van der Waals surface area contributed by atoms with Crippen LogP contribution in [0.25, 0.3) is 11.1 Å². The van der Waals surface area contributed by atoms with Crippen molar-refractivity contribution >= 4 is 19.0 Å². The summed E-state index contributed by atoms with van der Waals surface area (Å²) < 4.78 is 13.4. The number of hydrogen-bond acceptors (Lipinski definition) is 5. The fourth-order valence-electron chi connectivity index (χ4n) is 2.67. The summed E-state index contributed by atoms with van der Waals surface area (Å²) in [5.41, 5.74) is 4.82. The Morgan fingerprint density at radius 3 is 1.37 bits per heavy atom. The highest BCUT2D eigenvalue weighted by molar-refractivity contribution is 7.44. The molecule has 0 aliphatic heterocycles. The average Bonchev–Trinajstić information content (AvgIpc) is 2.61. The van der Waals surface area contributed by atoms with Gasteiger partial charge in [-0.25, -0.2) is 0 Å². The highest BCUT2D eigenvalue weighted by Crippen LogP contribution is 2.32. The van der Waals surface area contributed by atoms with Gasteiger partial charge in [0.2, 0.25) is 0 Å². The van der Waals surface area contributed by atoms with E-state index in [1.807, 2.05) is 24.3 Å². The molecule has 27 heavy (non-hydrogen) atoms. The predicted molar refractivity (Wildman–Crippen MR) is 105 cm³/mol. The summed E-state index contributed by atoms with van der Waals surface area (Å²) in [6, 6.07) is 14.7. The molecule has 3 N–H and O–H groups in total. The minimum atomic E-state index is -4.42. The number of benzene rings is 2. The Balaban J connectivity index is 0.000000445. The SMILES string of the molecule is CC/C(=C(/CC)c1ccc(O)cc1)c1ccc(O)cc1.CCOP(=O)([O-])O. The molecule has 148 valence electrons. The normalized spacial score (nSPS) is 13.8. The van der Waals surface area contributed by atoms with E-state index in [9.17, 15) is 19.7 Å². The molecule has 0 spiro atoms. The summed E-state index contributed by atoms with van der Waals surface area (Å²) in [6.07, 6.45) is 1.85. The van der Waals surface area contributed by atoms with E-state index in [4.69, 9.17) is 4.89 Å². The number of rotatable bonds is 6. The van der Waals surface area contributed by atoms with Crippen molar-refractivity contribution in [3.05, 3.63) is 59.7 Å². The maximum atomic E-state index is 9.59. The molecule has 0 radical (unpaired) electrons. The second-order valence-electron chi connectivity index (χ2n) is 5.64. The molecule has 2 aromatic rings. The predicted octanol–water partition coefficient (Wildman–Crippen LogP) is 4.31. The molecule has 0 aliphatic rings. The molecule has 2 aromatic carbocycles. The van der Waals surface area contributed by atoms with Crippen LogP contribution in [0, 0.1) is 0 Å². The molecular formula is C20H26O6P-. The van der Waals surface area contributed by atoms with Crippen molar-refractivity contribution < 1.29 is 29.1 Å². The first kappa shape index (κ1) is 22.9. The molecule has 0 saturated heterocycles. The maximum absolute atomic E-state index is 9.59. The van der Waals surface area contributed by atoms with Crippen LogP contribution in [0.3, 0.4) is 0 Å². The van der Waals surface area contributed by atoms with E-state index in [-0.39, 0.29) is 18.1 Å². The third-order valence-corrected chi connectivity index (χ3v) is 4.38. The summed E-state index contributed by atoms with van der Waals surface area (Å²) in [6.45, 7) is 5.73. The van der Waals surface area contributed by atoms with Crippen LogP contribution < -0.4 is 4.89 Å². The molecule has 0 aromatic heterocycles. The topological polar surface area (TPSA) is 110 Å². The van der Waals surface area contributed by atoms with Crippen molar-refractivity contribution in [1.82, 2.24) is 0 Å². The molecule has 1 atom stereocenters. The van der Waals surface area contributed by atoms with Gasteiger partial charge < -0.3 is 24.5 Å². The Bertz CT molecular complexity index is 720. The molecule has 0 aliphatic carbocycles. The van der Waals surface area contributed by atoms with Crippen molar-refractivity contribution in [2.24, 2.45) is 0 Å². The van der Waals surface area contributed by atoms with Crippen molar-refractivity contribution in [2.75, 3.05) is 6.61 Å². The van der Waals surface area contributed by atoms with Gasteiger partial charge in [0, 0.05) is 0 Å². The molecule has 6 nitrogen and oxygen atoms in total. The Labute approximate surface area is 160 Å². The fraction of sp³-hybridized carbons (Fsp3) is 0.300. The minimum absolute atomic E-state index is 0.0166. The zero-order chi connectivity index (χ0) is 20.4. The van der Waals surface area contributed by atoms with Gasteiger partial charge in [0.25, 0.3) is 7.82 Å². The van der Waals surface area contributed by atoms with Gasteiger partial charge in [-0.05, 0) is 66.3 Å². The second-order valence-corrected chi connectivity index (χ2v) is 6.84. The van der Waals surface area contributed by atoms with Gasteiger partial charge in [0.05, 0.1) is 6.61 Å². The minimum Gasteiger partial charge on any atom is -0.756 e. The highest BCUT2D eigenvalue weighted by atomic mass is 31.2. The number of phenols is 2. The maximum Gasteiger partial charge on any atom is 0.265 e. The highest BCUT2D eigenvalue weighted by Gasteiger charge is 2.09. The first-order valence-corrected chi connectivity index (χ1v) is 10.2. The van der Waals surface area contributed by atoms with Gasteiger partial charge in [0.1, 0.15) is 11.5 Å². The number of phenolic OH excluding ortho intramolecular Hbond substituents is 2. The molecule has 0 amide bonds. The smallest absolute Gasteiger partial charge is 0.265 e. The lowest BCUT2D eigenvalue weighted by molar-refractivity contribution is -0.219. The fourth-order valence-corrected chi connectivity index (χ4v) is 3.00. The Morgan fingerprint density at radius 2 is 1.19 bits per heavy atom. The molecule has 2 rings (SSSR count). The van der Waals surface area contributed by atoms with Gasteiger partial charge in [-0.15, -0.1) is 0 Å². The zero-order valence-corrected chi connectivity index (χ0v) is 16.6. The van der Waals surface area contributed by atoms with Crippen LogP contribution >= 0.6 is 7.82 Å². The third kappa shape index (κ3) is 7.97. The number of aromatic hydroxyl groups is 2. The summed E-state index contributed by atoms with van der Waals surface area (Å²) >= 11 is 0. The van der Waals surface area contributed by atoms with Crippen molar-refractivity contribution in [1.29, 1.82) is 0 Å². The number of allylic oxidation sites excluding steroid dienone is 2. The van der Waals surface area contributed by atoms with Crippen LogP contribution in [0.2, 0.25) is 0 Å². The first-order valence-electron chi connectivity index (χ1n) is 8.70. The first-order chi connectivity index (χ1) is 12.7. The van der Waals surface area contributed by atoms with E-state index in [0.717, 1.165) is 24.0 Å². The van der Waals surface area contributed by atoms with Gasteiger partial charge in [-0.3, -0.25) is 4.57 Å². The summed E-state index contributed by atoms with van der Waals surface area (Å²) in [7, 11) is -4.42. The molecular weight excluding hydrogens is 367 g/mol. The van der Waals surface area contributed by atoms with Crippen LogP contribution in [-0.4, -0.2) is 21.7 Å². The molecule has 0 fully saturated rings. The lowest BCUT2D eigenvalue weighted by atomic mass is 9.91. The van der Waals surface area contributed by atoms with Gasteiger partial charge in [0.15, 0.2) is 0 Å².